The van der Waals surface area contributed by atoms with E-state index in [-0.39, 0.29) is 66.5 Å². The highest BCUT2D eigenvalue weighted by molar-refractivity contribution is 7.70. The van der Waals surface area contributed by atoms with E-state index in [0.717, 1.165) is 84.2 Å². The van der Waals surface area contributed by atoms with Crippen LogP contribution < -0.4 is 41.5 Å². The van der Waals surface area contributed by atoms with Crippen LogP contribution in [0.3, 0.4) is 0 Å². The Labute approximate surface area is 488 Å². The van der Waals surface area contributed by atoms with Crippen molar-refractivity contribution in [1.29, 1.82) is 0 Å². The van der Waals surface area contributed by atoms with E-state index < -0.39 is 72.1 Å². The van der Waals surface area contributed by atoms with Gasteiger partial charge in [0.1, 0.15) is 31.9 Å². The van der Waals surface area contributed by atoms with Crippen molar-refractivity contribution < 1.29 is 75.8 Å². The average molecular weight is 1240 g/mol. The van der Waals surface area contributed by atoms with Gasteiger partial charge < -0.3 is 59.7 Å². The van der Waals surface area contributed by atoms with Gasteiger partial charge in [0.15, 0.2) is 23.5 Å². The summed E-state index contributed by atoms with van der Waals surface area (Å²) < 4.78 is 65.0. The fourth-order valence-corrected chi connectivity index (χ4v) is 16.7. The zero-order valence-corrected chi connectivity index (χ0v) is 50.8. The highest BCUT2D eigenvalue weighted by Gasteiger charge is 2.50. The first kappa shape index (κ1) is 61.9. The number of nitrogens with zero attached hydrogens (tertiary/aromatic N) is 6. The number of nitrogen functional groups attached to an aromatic ring is 1. The first-order valence-electron chi connectivity index (χ1n) is 28.1. The lowest BCUT2D eigenvalue weighted by atomic mass is 9.64. The molecular weight excluding hydrogens is 1170 g/mol. The third-order valence-corrected chi connectivity index (χ3v) is 20.9. The Morgan fingerprint density at radius 3 is 2.48 bits per heavy atom. The number of phosphoric acid groups is 1. The molecule has 3 unspecified atom stereocenters. The number of hydrogen-bond donors (Lipinski definition) is 9. The quantitative estimate of drug-likeness (QED) is 0.0247. The molecule has 30 heteroatoms. The van der Waals surface area contributed by atoms with Gasteiger partial charge in [0.2, 0.25) is 11.3 Å². The van der Waals surface area contributed by atoms with Crippen molar-refractivity contribution in [3.63, 3.8) is 0 Å². The lowest BCUT2D eigenvalue weighted by Gasteiger charge is -2.48. The number of aliphatic hydroxyl groups excluding tert-OH is 1. The number of ether oxygens (including phenoxy) is 3. The molecule has 10 N–H and O–H groups in total. The second kappa shape index (κ2) is 23.5. The lowest BCUT2D eigenvalue weighted by Crippen LogP contribution is -2.50. The minimum absolute atomic E-state index is 0.0339. The van der Waals surface area contributed by atoms with E-state index >= 15 is 0 Å². The van der Waals surface area contributed by atoms with Crippen LogP contribution in [-0.2, 0) is 59.8 Å². The van der Waals surface area contributed by atoms with Gasteiger partial charge in [0.25, 0.3) is 11.5 Å². The van der Waals surface area contributed by atoms with Crippen molar-refractivity contribution in [1.82, 2.24) is 39.2 Å². The van der Waals surface area contributed by atoms with Gasteiger partial charge in [-0.1, -0.05) is 39.0 Å². The van der Waals surface area contributed by atoms with E-state index in [1.54, 1.807) is 11.9 Å². The summed E-state index contributed by atoms with van der Waals surface area (Å²) in [5.74, 6) is -0.879. The van der Waals surface area contributed by atoms with Gasteiger partial charge in [-0.3, -0.25) is 28.5 Å². The van der Waals surface area contributed by atoms with Gasteiger partial charge in [-0.05, 0) is 115 Å². The number of aromatic nitrogens is 4. The largest absolute Gasteiger partial charge is 0.480 e. The lowest BCUT2D eigenvalue weighted by molar-refractivity contribution is -0.143. The van der Waals surface area contributed by atoms with Gasteiger partial charge in [-0.2, -0.15) is 9.29 Å². The number of alkyl carbamates (subject to hydrolysis) is 1. The molecule has 5 aliphatic rings. The summed E-state index contributed by atoms with van der Waals surface area (Å²) in [4.78, 5) is 107. The second-order valence-corrected chi connectivity index (χ2v) is 28.1. The number of carbonyl (C=O) groups excluding carboxylic acids is 3. The summed E-state index contributed by atoms with van der Waals surface area (Å²) in [5.41, 5.74) is 15.6. The van der Waals surface area contributed by atoms with Gasteiger partial charge >= 0.3 is 35.4 Å². The molecule has 1 fully saturated rings. The van der Waals surface area contributed by atoms with Crippen LogP contribution in [0.4, 0.5) is 16.4 Å². The molecule has 85 heavy (non-hydrogen) atoms. The topological polar surface area (TPSA) is 373 Å². The van der Waals surface area contributed by atoms with Gasteiger partial charge in [-0.15, -0.1) is 4.86 Å². The molecule has 2 amide bonds. The molecule has 0 bridgehead atoms. The van der Waals surface area contributed by atoms with Gasteiger partial charge in [0.05, 0.1) is 19.5 Å². The number of fused-ring (bicyclic) bond motifs is 5. The number of aliphatic hydroxyl groups is 1. The fraction of sp³-hybridized carbons (Fsp3) is 0.509. The standard InChI is InChI=1S/C55H71N10O17P3/c1-8-65-39-26-38-36(25-35(39)30(2)27-54(65,3)4)42(37-24-31-14-11-21-63-22-12-17-34(45(31)63)43(37)55(38,5)6)32-15-9-10-16-33(32)50(69)62(7)20-13-18-41(66)78-23-19-57-53(70)81-47-40(28-79-85(76,77)82-84(74,75)61-83(71,72)73)80-51(46(47)67)64-29-58-44-48(64)59-52(56)60-49(44)68/h9-10,15-16,24-26,29-30,40,46-47,51,67H,8,11-14,17-23,27-28H2,1-7H3,(H8-,56,57,59,60,61,68,70,71,72,73,74,75,76,77)/p+1/t30?,40-,46-,47-,51-/m1/s1. The van der Waals surface area contributed by atoms with Crippen LogP contribution in [-0.4, -0.2) is 144 Å². The number of phosphoric ester groups is 1. The smallest absolute Gasteiger partial charge is 0.464 e. The number of carbonyl (C=O) groups is 3. The van der Waals surface area contributed by atoms with Crippen LogP contribution in [0.5, 0.6) is 0 Å². The van der Waals surface area contributed by atoms with Crippen LogP contribution in [0.2, 0.25) is 0 Å². The van der Waals surface area contributed by atoms with Crippen molar-refractivity contribution in [2.45, 2.75) is 128 Å². The van der Waals surface area contributed by atoms with Crippen molar-refractivity contribution in [3.8, 4) is 0 Å². The molecule has 6 heterocycles. The molecule has 2 aromatic heterocycles. The number of nitrogens with one attached hydrogen (secondary N) is 3. The normalized spacial score (nSPS) is 22.5. The van der Waals surface area contributed by atoms with Crippen molar-refractivity contribution in [2.75, 3.05) is 63.6 Å². The molecule has 10 rings (SSSR count). The number of aromatic amines is 1. The van der Waals surface area contributed by atoms with Crippen molar-refractivity contribution in [3.05, 3.63) is 114 Å². The highest BCUT2D eigenvalue weighted by atomic mass is 31.3. The highest BCUT2D eigenvalue weighted by Crippen LogP contribution is 2.61. The van der Waals surface area contributed by atoms with E-state index in [9.17, 15) is 47.8 Å². The molecule has 0 saturated carbocycles. The molecule has 27 nitrogen and oxygen atoms in total. The Hall–Kier alpha value is -6.18. The minimum atomic E-state index is -5.68. The summed E-state index contributed by atoms with van der Waals surface area (Å²) in [7, 11) is -15.1. The molecule has 3 aromatic carbocycles. The van der Waals surface area contributed by atoms with E-state index in [0.29, 0.717) is 11.5 Å². The molecular formula is C55H72N10O17P3+. The number of esters is 1. The minimum Gasteiger partial charge on any atom is -0.464 e. The maximum Gasteiger partial charge on any atom is 0.480 e. The number of nitrogens with two attached hydrogens (primary N) is 1. The fourth-order valence-electron chi connectivity index (χ4n) is 13.3. The molecule has 458 valence electrons. The number of imidazole rings is 1. The molecule has 5 aromatic rings. The summed E-state index contributed by atoms with van der Waals surface area (Å²) in [5, 5.41) is 16.3. The first-order valence-corrected chi connectivity index (χ1v) is 32.8. The molecule has 0 spiro atoms. The van der Waals surface area contributed by atoms with Crippen molar-refractivity contribution in [2.24, 2.45) is 0 Å². The zero-order valence-electron chi connectivity index (χ0n) is 48.1. The van der Waals surface area contributed by atoms with E-state index in [2.05, 4.69) is 99.9 Å². The van der Waals surface area contributed by atoms with Crippen molar-refractivity contribution >= 4 is 69.7 Å². The Bertz CT molecular complexity index is 3860. The number of benzene rings is 3. The second-order valence-electron chi connectivity index (χ2n) is 23.3. The number of H-pyrrole nitrogens is 1. The van der Waals surface area contributed by atoms with Crippen LogP contribution in [0.25, 0.3) is 16.7 Å². The summed E-state index contributed by atoms with van der Waals surface area (Å²) in [6, 6.07) is 15.1. The first-order chi connectivity index (χ1) is 40.0. The van der Waals surface area contributed by atoms with Gasteiger partial charge in [0, 0.05) is 72.7 Å². The Morgan fingerprint density at radius 2 is 1.75 bits per heavy atom. The number of anilines is 2. The average Bonchev–Trinajstić information content (AvgIpc) is 2.72. The molecule has 0 radical (unpaired) electrons. The van der Waals surface area contributed by atoms with E-state index in [1.165, 1.54) is 44.1 Å². The van der Waals surface area contributed by atoms with Crippen LogP contribution in [0.1, 0.15) is 135 Å². The number of amides is 2. The number of aryl methyl sites for hydroxylation is 1. The maximum absolute atomic E-state index is 14.8. The molecule has 4 aliphatic heterocycles. The number of rotatable bonds is 19. The predicted molar refractivity (Wildman–Crippen MR) is 310 cm³/mol. The molecule has 1 saturated heterocycles. The van der Waals surface area contributed by atoms with Gasteiger partial charge in [-0.25, -0.2) is 28.0 Å². The maximum atomic E-state index is 14.8. The molecule has 7 atom stereocenters. The summed E-state index contributed by atoms with van der Waals surface area (Å²) in [6.07, 6.45) is -1.88. The van der Waals surface area contributed by atoms with Crippen LogP contribution in [0, 0.1) is 0 Å². The van der Waals surface area contributed by atoms with Crippen LogP contribution in [0.15, 0.2) is 53.6 Å². The molecule has 1 aliphatic carbocycles. The Kier molecular flexibility index (Phi) is 17.1. The van der Waals surface area contributed by atoms with E-state index in [4.69, 9.17) is 34.3 Å². The summed E-state index contributed by atoms with van der Waals surface area (Å²) >= 11 is 0. The monoisotopic (exact) mass is 1240 g/mol. The zero-order chi connectivity index (χ0) is 61.3. The third-order valence-electron chi connectivity index (χ3n) is 16.6. The third kappa shape index (κ3) is 12.4. The predicted octanol–water partition coefficient (Wildman–Crippen LogP) is 3.45. The van der Waals surface area contributed by atoms with Crippen LogP contribution >= 0.6 is 23.3 Å². The Balaban J connectivity index is 0.809. The SMILES string of the molecule is CCN1c2cc3c(cc2C(C)CC1(C)C)C(c1ccccc1C(=O)N(C)CCCC(=O)OCCNC(=O)O[C@H]1[C@@H](O)[C@H](n2cnc4c(=O)[nH]c(N)nc42)O[C@@H]1COP(=O)(O)OP(=O)(O)NP(=O)(O)O)=c1cc2c4c(c1C3(C)C)CCC[N+]=4CCC2. The van der Waals surface area contributed by atoms with E-state index in [1.807, 2.05) is 18.2 Å². The summed E-state index contributed by atoms with van der Waals surface area (Å²) in [6.45, 7) is 15.3. The Morgan fingerprint density at radius 1 is 1.02 bits per heavy atom. The number of hydrogen-bond acceptors (Lipinski definition) is 17.